The normalized spacial score (nSPS) is 10.2. The van der Waals surface area contributed by atoms with Crippen LogP contribution in [0.3, 0.4) is 0 Å². The third kappa shape index (κ3) is 3.62. The van der Waals surface area contributed by atoms with E-state index in [1.807, 2.05) is 36.4 Å². The van der Waals surface area contributed by atoms with Crippen molar-refractivity contribution in [3.05, 3.63) is 58.2 Å². The van der Waals surface area contributed by atoms with Crippen LogP contribution in [-0.2, 0) is 6.42 Å². The fraction of sp³-hybridized carbons (Fsp3) is 0.154. The molecule has 0 bridgehead atoms. The van der Waals surface area contributed by atoms with Crippen LogP contribution in [-0.4, -0.2) is 11.5 Å². The largest absolute Gasteiger partial charge is 0.369 e. The van der Waals surface area contributed by atoms with Crippen molar-refractivity contribution in [2.75, 3.05) is 11.9 Å². The van der Waals surface area contributed by atoms with Gasteiger partial charge in [-0.2, -0.15) is 0 Å². The fourth-order valence-corrected chi connectivity index (χ4v) is 1.81. The van der Waals surface area contributed by atoms with Crippen LogP contribution in [0, 0.1) is 0 Å². The van der Waals surface area contributed by atoms with Gasteiger partial charge in [-0.1, -0.05) is 35.3 Å². The van der Waals surface area contributed by atoms with Gasteiger partial charge in [0.25, 0.3) is 0 Å². The van der Waals surface area contributed by atoms with E-state index >= 15 is 0 Å². The number of pyridine rings is 1. The summed E-state index contributed by atoms with van der Waals surface area (Å²) >= 11 is 11.8. The molecule has 0 saturated heterocycles. The Bertz CT molecular complexity index is 483. The molecule has 2 rings (SSSR count). The lowest BCUT2D eigenvalue weighted by atomic mass is 10.1. The van der Waals surface area contributed by atoms with Gasteiger partial charge in [-0.25, -0.2) is 4.98 Å². The Morgan fingerprint density at radius 2 is 1.82 bits per heavy atom. The summed E-state index contributed by atoms with van der Waals surface area (Å²) in [6, 6.07) is 11.5. The van der Waals surface area contributed by atoms with Crippen molar-refractivity contribution in [3.8, 4) is 0 Å². The average Bonchev–Trinajstić information content (AvgIpc) is 2.34. The molecule has 2 nitrogen and oxygen atoms in total. The van der Waals surface area contributed by atoms with Crippen LogP contribution in [0.1, 0.15) is 5.56 Å². The number of nitrogens with one attached hydrogen (secondary N) is 1. The molecule has 0 aliphatic rings. The smallest absolute Gasteiger partial charge is 0.144 e. The van der Waals surface area contributed by atoms with Gasteiger partial charge in [-0.15, -0.1) is 0 Å². The molecule has 0 spiro atoms. The predicted molar refractivity (Wildman–Crippen MR) is 72.9 cm³/mol. The van der Waals surface area contributed by atoms with E-state index in [1.165, 1.54) is 5.56 Å². The molecule has 0 unspecified atom stereocenters. The molecule has 2 aromatic rings. The Hall–Kier alpha value is -1.25. The van der Waals surface area contributed by atoms with Gasteiger partial charge in [0.05, 0.1) is 5.02 Å². The lowest BCUT2D eigenvalue weighted by molar-refractivity contribution is 1.01. The average molecular weight is 267 g/mol. The summed E-state index contributed by atoms with van der Waals surface area (Å²) in [5.41, 5.74) is 1.23. The van der Waals surface area contributed by atoms with Gasteiger partial charge in [0.1, 0.15) is 5.82 Å². The Labute approximate surface area is 111 Å². The molecule has 1 aromatic heterocycles. The Morgan fingerprint density at radius 1 is 1.06 bits per heavy atom. The van der Waals surface area contributed by atoms with Crippen molar-refractivity contribution in [2.45, 2.75) is 6.42 Å². The molecule has 88 valence electrons. The van der Waals surface area contributed by atoms with Gasteiger partial charge in [-0.3, -0.25) is 0 Å². The first-order valence-corrected chi connectivity index (χ1v) is 6.10. The number of anilines is 1. The van der Waals surface area contributed by atoms with E-state index in [9.17, 15) is 0 Å². The number of hydrogen-bond acceptors (Lipinski definition) is 2. The zero-order valence-corrected chi connectivity index (χ0v) is 10.7. The second kappa shape index (κ2) is 5.89. The van der Waals surface area contributed by atoms with Crippen LogP contribution >= 0.6 is 23.2 Å². The van der Waals surface area contributed by atoms with Crippen molar-refractivity contribution in [1.29, 1.82) is 0 Å². The Balaban J connectivity index is 1.88. The van der Waals surface area contributed by atoms with Crippen molar-refractivity contribution in [3.63, 3.8) is 0 Å². The van der Waals surface area contributed by atoms with Crippen molar-refractivity contribution in [2.24, 2.45) is 0 Å². The number of aromatic nitrogens is 1. The van der Waals surface area contributed by atoms with E-state index in [1.54, 1.807) is 6.20 Å². The molecule has 0 aliphatic heterocycles. The van der Waals surface area contributed by atoms with E-state index in [0.29, 0.717) is 5.02 Å². The molecule has 0 radical (unpaired) electrons. The molecule has 1 heterocycles. The number of rotatable bonds is 4. The van der Waals surface area contributed by atoms with Crippen molar-refractivity contribution >= 4 is 29.0 Å². The maximum absolute atomic E-state index is 5.98. The van der Waals surface area contributed by atoms with Gasteiger partial charge in [0.15, 0.2) is 0 Å². The van der Waals surface area contributed by atoms with Crippen LogP contribution in [0.5, 0.6) is 0 Å². The summed E-state index contributed by atoms with van der Waals surface area (Å²) in [6.07, 6.45) is 2.63. The molecule has 0 amide bonds. The van der Waals surface area contributed by atoms with Crippen LogP contribution in [0.25, 0.3) is 0 Å². The maximum Gasteiger partial charge on any atom is 0.144 e. The highest BCUT2D eigenvalue weighted by atomic mass is 35.5. The van der Waals surface area contributed by atoms with E-state index < -0.39 is 0 Å². The molecule has 17 heavy (non-hydrogen) atoms. The lowest BCUT2D eigenvalue weighted by Crippen LogP contribution is -2.06. The van der Waals surface area contributed by atoms with Crippen LogP contribution in [0.4, 0.5) is 5.82 Å². The molecule has 0 fully saturated rings. The molecular weight excluding hydrogens is 255 g/mol. The van der Waals surface area contributed by atoms with E-state index in [-0.39, 0.29) is 0 Å². The molecular formula is C13H12Cl2N2. The van der Waals surface area contributed by atoms with E-state index in [0.717, 1.165) is 23.8 Å². The molecule has 4 heteroatoms. The summed E-state index contributed by atoms with van der Waals surface area (Å²) in [6.45, 7) is 0.790. The summed E-state index contributed by atoms with van der Waals surface area (Å²) < 4.78 is 0. The summed E-state index contributed by atoms with van der Waals surface area (Å²) in [4.78, 5) is 4.16. The van der Waals surface area contributed by atoms with Crippen LogP contribution < -0.4 is 5.32 Å². The van der Waals surface area contributed by atoms with Gasteiger partial charge in [-0.05, 0) is 36.2 Å². The predicted octanol–water partition coefficient (Wildman–Crippen LogP) is 4.04. The third-order valence-electron chi connectivity index (χ3n) is 2.38. The van der Waals surface area contributed by atoms with E-state index in [2.05, 4.69) is 10.3 Å². The zero-order chi connectivity index (χ0) is 12.1. The minimum atomic E-state index is 0.642. The SMILES string of the molecule is Clc1ccc(CCNc2ncccc2Cl)cc1. The first-order chi connectivity index (χ1) is 8.25. The second-order valence-electron chi connectivity index (χ2n) is 3.64. The quantitative estimate of drug-likeness (QED) is 0.904. The van der Waals surface area contributed by atoms with Crippen molar-refractivity contribution in [1.82, 2.24) is 4.98 Å². The number of benzene rings is 1. The standard InChI is InChI=1S/C13H12Cl2N2/c14-11-5-3-10(4-6-11)7-9-17-13-12(15)2-1-8-16-13/h1-6,8H,7,9H2,(H,16,17). The van der Waals surface area contributed by atoms with Gasteiger partial charge in [0, 0.05) is 17.8 Å². The molecule has 0 atom stereocenters. The lowest BCUT2D eigenvalue weighted by Gasteiger charge is -2.06. The van der Waals surface area contributed by atoms with Crippen LogP contribution in [0.15, 0.2) is 42.6 Å². The molecule has 1 N–H and O–H groups in total. The summed E-state index contributed by atoms with van der Waals surface area (Å²) in [5, 5.41) is 4.60. The summed E-state index contributed by atoms with van der Waals surface area (Å²) in [7, 11) is 0. The monoisotopic (exact) mass is 266 g/mol. The van der Waals surface area contributed by atoms with E-state index in [4.69, 9.17) is 23.2 Å². The highest BCUT2D eigenvalue weighted by Crippen LogP contribution is 2.17. The second-order valence-corrected chi connectivity index (χ2v) is 4.48. The zero-order valence-electron chi connectivity index (χ0n) is 9.16. The highest BCUT2D eigenvalue weighted by molar-refractivity contribution is 6.32. The van der Waals surface area contributed by atoms with Gasteiger partial charge < -0.3 is 5.32 Å². The van der Waals surface area contributed by atoms with Gasteiger partial charge >= 0.3 is 0 Å². The maximum atomic E-state index is 5.98. The first-order valence-electron chi connectivity index (χ1n) is 5.34. The number of hydrogen-bond donors (Lipinski definition) is 1. The van der Waals surface area contributed by atoms with Crippen molar-refractivity contribution < 1.29 is 0 Å². The minimum absolute atomic E-state index is 0.642. The molecule has 0 aliphatic carbocycles. The first kappa shape index (κ1) is 12.2. The number of halogens is 2. The fourth-order valence-electron chi connectivity index (χ4n) is 1.49. The Morgan fingerprint density at radius 3 is 2.53 bits per heavy atom. The topological polar surface area (TPSA) is 24.9 Å². The summed E-state index contributed by atoms with van der Waals surface area (Å²) in [5.74, 6) is 0.725. The van der Waals surface area contributed by atoms with Crippen LogP contribution in [0.2, 0.25) is 10.0 Å². The van der Waals surface area contributed by atoms with Gasteiger partial charge in [0.2, 0.25) is 0 Å². The highest BCUT2D eigenvalue weighted by Gasteiger charge is 1.99. The number of nitrogens with zero attached hydrogens (tertiary/aromatic N) is 1. The molecule has 0 saturated carbocycles. The Kier molecular flexibility index (Phi) is 4.24. The molecule has 1 aromatic carbocycles. The minimum Gasteiger partial charge on any atom is -0.369 e. The third-order valence-corrected chi connectivity index (χ3v) is 2.93.